The molecule has 1 unspecified atom stereocenters. The second-order valence-electron chi connectivity index (χ2n) is 3.06. The molecular formula is C9H21N. The van der Waals surface area contributed by atoms with Crippen LogP contribution in [0.2, 0.25) is 0 Å². The minimum Gasteiger partial charge on any atom is -0.317 e. The summed E-state index contributed by atoms with van der Waals surface area (Å²) in [6.45, 7) is 9.03. The maximum atomic E-state index is 3.36. The van der Waals surface area contributed by atoms with Crippen molar-refractivity contribution in [2.45, 2.75) is 40.0 Å². The van der Waals surface area contributed by atoms with Crippen LogP contribution >= 0.6 is 0 Å². The Morgan fingerprint density at radius 3 is 2.50 bits per heavy atom. The molecule has 0 bridgehead atoms. The molecule has 0 fully saturated rings. The third-order valence-electron chi connectivity index (χ3n) is 1.79. The summed E-state index contributed by atoms with van der Waals surface area (Å²) in [7, 11) is 0. The van der Waals surface area contributed by atoms with Crippen LogP contribution in [0.3, 0.4) is 0 Å². The summed E-state index contributed by atoms with van der Waals surface area (Å²) in [4.78, 5) is 0. The minimum absolute atomic E-state index is 0.861. The lowest BCUT2D eigenvalue weighted by Crippen LogP contribution is -2.20. The van der Waals surface area contributed by atoms with E-state index in [1.165, 1.54) is 25.8 Å². The lowest BCUT2D eigenvalue weighted by molar-refractivity contribution is 0.471. The molecule has 0 amide bonds. The van der Waals surface area contributed by atoms with Crippen LogP contribution in [0, 0.1) is 5.92 Å². The van der Waals surface area contributed by atoms with E-state index in [0.717, 1.165) is 12.5 Å². The maximum absolute atomic E-state index is 3.36. The Labute approximate surface area is 65.2 Å². The minimum atomic E-state index is 0.861. The van der Waals surface area contributed by atoms with Crippen LogP contribution in [0.5, 0.6) is 0 Å². The van der Waals surface area contributed by atoms with Crippen molar-refractivity contribution in [2.24, 2.45) is 5.92 Å². The van der Waals surface area contributed by atoms with Gasteiger partial charge in [0, 0.05) is 0 Å². The fraction of sp³-hybridized carbons (Fsp3) is 1.00. The van der Waals surface area contributed by atoms with Crippen LogP contribution in [-0.2, 0) is 0 Å². The topological polar surface area (TPSA) is 12.0 Å². The van der Waals surface area contributed by atoms with Crippen LogP contribution in [0.15, 0.2) is 0 Å². The van der Waals surface area contributed by atoms with E-state index in [1.807, 2.05) is 0 Å². The van der Waals surface area contributed by atoms with E-state index in [9.17, 15) is 0 Å². The molecule has 0 heterocycles. The van der Waals surface area contributed by atoms with E-state index in [0.29, 0.717) is 0 Å². The first-order valence-corrected chi connectivity index (χ1v) is 4.52. The molecule has 1 N–H and O–H groups in total. The SMILES string of the molecule is CCCCC(C)CNCC. The molecule has 0 radical (unpaired) electrons. The molecule has 0 aromatic rings. The normalized spacial score (nSPS) is 13.5. The van der Waals surface area contributed by atoms with Crippen molar-refractivity contribution in [1.29, 1.82) is 0 Å². The largest absolute Gasteiger partial charge is 0.317 e. The molecule has 0 aromatic heterocycles. The highest BCUT2D eigenvalue weighted by Gasteiger charge is 1.98. The molecule has 0 aliphatic heterocycles. The van der Waals surface area contributed by atoms with E-state index in [1.54, 1.807) is 0 Å². The third kappa shape index (κ3) is 6.09. The van der Waals surface area contributed by atoms with Crippen LogP contribution in [0.1, 0.15) is 40.0 Å². The third-order valence-corrected chi connectivity index (χ3v) is 1.79. The average molecular weight is 143 g/mol. The summed E-state index contributed by atoms with van der Waals surface area (Å²) in [6.07, 6.45) is 4.09. The zero-order valence-electron chi connectivity index (χ0n) is 7.61. The molecule has 0 saturated heterocycles. The first-order chi connectivity index (χ1) is 4.81. The first kappa shape index (κ1) is 9.96. The Balaban J connectivity index is 3.00. The van der Waals surface area contributed by atoms with Gasteiger partial charge in [0.15, 0.2) is 0 Å². The van der Waals surface area contributed by atoms with Gasteiger partial charge in [0.05, 0.1) is 0 Å². The fourth-order valence-corrected chi connectivity index (χ4v) is 1.05. The number of hydrogen-bond acceptors (Lipinski definition) is 1. The van der Waals surface area contributed by atoms with Crippen LogP contribution in [0.25, 0.3) is 0 Å². The van der Waals surface area contributed by atoms with Crippen molar-refractivity contribution in [1.82, 2.24) is 5.32 Å². The van der Waals surface area contributed by atoms with Gasteiger partial charge in [0.25, 0.3) is 0 Å². The Bertz CT molecular complexity index is 53.7. The van der Waals surface area contributed by atoms with Crippen LogP contribution in [0.4, 0.5) is 0 Å². The Kier molecular flexibility index (Phi) is 7.04. The second kappa shape index (κ2) is 7.07. The van der Waals surface area contributed by atoms with Crippen LogP contribution < -0.4 is 5.32 Å². The predicted molar refractivity (Wildman–Crippen MR) is 47.2 cm³/mol. The molecule has 0 aliphatic carbocycles. The van der Waals surface area contributed by atoms with Gasteiger partial charge in [-0.15, -0.1) is 0 Å². The summed E-state index contributed by atoms with van der Waals surface area (Å²) >= 11 is 0. The molecule has 0 aromatic carbocycles. The Morgan fingerprint density at radius 1 is 1.30 bits per heavy atom. The molecule has 0 aliphatic rings. The fourth-order valence-electron chi connectivity index (χ4n) is 1.05. The highest BCUT2D eigenvalue weighted by atomic mass is 14.8. The molecule has 10 heavy (non-hydrogen) atoms. The van der Waals surface area contributed by atoms with E-state index in [-0.39, 0.29) is 0 Å². The quantitative estimate of drug-likeness (QED) is 0.602. The van der Waals surface area contributed by atoms with Gasteiger partial charge < -0.3 is 5.32 Å². The van der Waals surface area contributed by atoms with Crippen molar-refractivity contribution in [3.63, 3.8) is 0 Å². The lowest BCUT2D eigenvalue weighted by Gasteiger charge is -2.09. The highest BCUT2D eigenvalue weighted by Crippen LogP contribution is 2.05. The van der Waals surface area contributed by atoms with Gasteiger partial charge in [-0.1, -0.05) is 33.6 Å². The van der Waals surface area contributed by atoms with Gasteiger partial charge in [0.1, 0.15) is 0 Å². The van der Waals surface area contributed by atoms with Crippen molar-refractivity contribution >= 4 is 0 Å². The lowest BCUT2D eigenvalue weighted by atomic mass is 10.0. The molecule has 0 rings (SSSR count). The van der Waals surface area contributed by atoms with E-state index in [4.69, 9.17) is 0 Å². The summed E-state index contributed by atoms with van der Waals surface area (Å²) in [5, 5.41) is 3.36. The summed E-state index contributed by atoms with van der Waals surface area (Å²) in [5.74, 6) is 0.861. The van der Waals surface area contributed by atoms with Gasteiger partial charge in [-0.05, 0) is 25.4 Å². The van der Waals surface area contributed by atoms with Gasteiger partial charge >= 0.3 is 0 Å². The van der Waals surface area contributed by atoms with Gasteiger partial charge in [-0.3, -0.25) is 0 Å². The summed E-state index contributed by atoms with van der Waals surface area (Å²) in [5.41, 5.74) is 0. The van der Waals surface area contributed by atoms with E-state index < -0.39 is 0 Å². The van der Waals surface area contributed by atoms with Gasteiger partial charge in [-0.2, -0.15) is 0 Å². The van der Waals surface area contributed by atoms with Gasteiger partial charge in [0.2, 0.25) is 0 Å². The summed E-state index contributed by atoms with van der Waals surface area (Å²) in [6, 6.07) is 0. The zero-order chi connectivity index (χ0) is 7.82. The highest BCUT2D eigenvalue weighted by molar-refractivity contribution is 4.55. The molecule has 62 valence electrons. The van der Waals surface area contributed by atoms with E-state index >= 15 is 0 Å². The molecular weight excluding hydrogens is 122 g/mol. The average Bonchev–Trinajstić information content (AvgIpc) is 1.97. The smallest absolute Gasteiger partial charge is 0.00233 e. The molecule has 1 atom stereocenters. The van der Waals surface area contributed by atoms with Crippen LogP contribution in [-0.4, -0.2) is 13.1 Å². The molecule has 0 spiro atoms. The Morgan fingerprint density at radius 2 is 2.00 bits per heavy atom. The monoisotopic (exact) mass is 143 g/mol. The molecule has 1 heteroatoms. The standard InChI is InChI=1S/C9H21N/c1-4-6-7-9(3)8-10-5-2/h9-10H,4-8H2,1-3H3. The number of rotatable bonds is 6. The maximum Gasteiger partial charge on any atom is -0.00233 e. The molecule has 1 nitrogen and oxygen atoms in total. The van der Waals surface area contributed by atoms with Crippen molar-refractivity contribution in [2.75, 3.05) is 13.1 Å². The Hall–Kier alpha value is -0.0400. The first-order valence-electron chi connectivity index (χ1n) is 4.52. The number of nitrogens with one attached hydrogen (secondary N) is 1. The van der Waals surface area contributed by atoms with Crippen molar-refractivity contribution < 1.29 is 0 Å². The predicted octanol–water partition coefficient (Wildman–Crippen LogP) is 2.42. The second-order valence-corrected chi connectivity index (χ2v) is 3.06. The zero-order valence-corrected chi connectivity index (χ0v) is 7.61. The number of unbranched alkanes of at least 4 members (excludes halogenated alkanes) is 1. The number of hydrogen-bond donors (Lipinski definition) is 1. The van der Waals surface area contributed by atoms with Crippen molar-refractivity contribution in [3.05, 3.63) is 0 Å². The summed E-state index contributed by atoms with van der Waals surface area (Å²) < 4.78 is 0. The van der Waals surface area contributed by atoms with Gasteiger partial charge in [-0.25, -0.2) is 0 Å². The molecule has 0 saturated carbocycles. The van der Waals surface area contributed by atoms with Crippen molar-refractivity contribution in [3.8, 4) is 0 Å². The van der Waals surface area contributed by atoms with E-state index in [2.05, 4.69) is 26.1 Å².